The molecule has 0 bridgehead atoms. The minimum Gasteiger partial charge on any atom is -0.296 e. The summed E-state index contributed by atoms with van der Waals surface area (Å²) in [6.07, 6.45) is -0.812. The normalized spacial score (nSPS) is 23.5. The number of rotatable bonds is 5. The highest BCUT2D eigenvalue weighted by atomic mass is 32.2. The van der Waals surface area contributed by atoms with Crippen LogP contribution in [-0.2, 0) is 21.2 Å². The van der Waals surface area contributed by atoms with Crippen LogP contribution in [0.2, 0.25) is 0 Å². The predicted octanol–water partition coefficient (Wildman–Crippen LogP) is 1.98. The summed E-state index contributed by atoms with van der Waals surface area (Å²) in [6, 6.07) is 9.64. The Morgan fingerprint density at radius 3 is 2.73 bits per heavy atom. The van der Waals surface area contributed by atoms with Crippen molar-refractivity contribution >= 4 is 38.7 Å². The molecule has 8 nitrogen and oxygen atoms in total. The number of nitrogens with zero attached hydrogens (tertiary/aromatic N) is 4. The summed E-state index contributed by atoms with van der Waals surface area (Å²) in [5, 5.41) is 6.98. The number of carbonyl (C=O) groups excluding carboxylic acids is 1. The molecule has 1 aliphatic heterocycles. The van der Waals surface area contributed by atoms with E-state index in [1.165, 1.54) is 0 Å². The molecule has 2 atom stereocenters. The van der Waals surface area contributed by atoms with Crippen molar-refractivity contribution in [3.05, 3.63) is 35.2 Å². The molecule has 2 fully saturated rings. The first-order valence-corrected chi connectivity index (χ1v) is 12.3. The smallest absolute Gasteiger partial charge is 0.249 e. The van der Waals surface area contributed by atoms with Crippen molar-refractivity contribution in [1.82, 2.24) is 19.5 Å². The Bertz CT molecular complexity index is 1210. The Kier molecular flexibility index (Phi) is 4.83. The van der Waals surface area contributed by atoms with Crippen molar-refractivity contribution in [1.29, 1.82) is 0 Å². The van der Waals surface area contributed by atoms with E-state index >= 15 is 0 Å². The van der Waals surface area contributed by atoms with E-state index in [1.807, 2.05) is 24.3 Å². The molecular weight excluding hydrogens is 429 g/mol. The lowest BCUT2D eigenvalue weighted by molar-refractivity contribution is -0.117. The zero-order valence-electron chi connectivity index (χ0n) is 16.0. The molecule has 3 aromatic heterocycles. The molecule has 1 N–H and O–H groups in total. The van der Waals surface area contributed by atoms with Gasteiger partial charge < -0.3 is 0 Å². The maximum atomic E-state index is 13.1. The lowest BCUT2D eigenvalue weighted by Crippen LogP contribution is -2.39. The Morgan fingerprint density at radius 1 is 1.23 bits per heavy atom. The van der Waals surface area contributed by atoms with Gasteiger partial charge in [-0.3, -0.25) is 15.0 Å². The van der Waals surface area contributed by atoms with Crippen LogP contribution in [0.5, 0.6) is 0 Å². The molecule has 158 valence electrons. The summed E-state index contributed by atoms with van der Waals surface area (Å²) in [4.78, 5) is 20.6. The molecule has 5 rings (SSSR count). The predicted molar refractivity (Wildman–Crippen MR) is 112 cm³/mol. The van der Waals surface area contributed by atoms with E-state index in [2.05, 4.69) is 20.3 Å². The number of anilines is 1. The summed E-state index contributed by atoms with van der Waals surface area (Å²) in [5.74, 6) is -0.398. The number of alkyl halides is 1. The number of fused-ring (bicyclic) bond motifs is 1. The van der Waals surface area contributed by atoms with E-state index in [1.54, 1.807) is 21.9 Å². The lowest BCUT2D eigenvalue weighted by atomic mass is 10.3. The third kappa shape index (κ3) is 3.96. The summed E-state index contributed by atoms with van der Waals surface area (Å²) >= 11 is 1.62. The molecule has 1 aliphatic carbocycles. The summed E-state index contributed by atoms with van der Waals surface area (Å²) in [7, 11) is -2.89. The first kappa shape index (κ1) is 19.6. The highest BCUT2D eigenvalue weighted by Gasteiger charge is 2.44. The van der Waals surface area contributed by atoms with Crippen LogP contribution in [0.3, 0.4) is 0 Å². The van der Waals surface area contributed by atoms with Crippen LogP contribution in [0, 0.1) is 5.92 Å². The van der Waals surface area contributed by atoms with Gasteiger partial charge in [-0.15, -0.1) is 16.4 Å². The Morgan fingerprint density at radius 2 is 2.00 bits per heavy atom. The Balaban J connectivity index is 1.34. The molecule has 2 unspecified atom stereocenters. The van der Waals surface area contributed by atoms with E-state index < -0.39 is 21.9 Å². The van der Waals surface area contributed by atoms with Gasteiger partial charge in [0.25, 0.3) is 0 Å². The maximum Gasteiger partial charge on any atom is 0.249 e. The van der Waals surface area contributed by atoms with Gasteiger partial charge >= 0.3 is 0 Å². The zero-order chi connectivity index (χ0) is 20.9. The van der Waals surface area contributed by atoms with E-state index in [0.29, 0.717) is 25.3 Å². The van der Waals surface area contributed by atoms with Gasteiger partial charge in [-0.25, -0.2) is 17.3 Å². The van der Waals surface area contributed by atoms with Gasteiger partial charge in [0, 0.05) is 24.5 Å². The molecular formula is C19H20FN5O3S2. The molecule has 0 spiro atoms. The standard InChI is InChI=1S/C19H20FN5O3S2/c20-14-10-13(14)18(26)22-19-21-17-3-1-2-15(25(17)23-19)16-5-4-12(29-16)11-24-6-8-30(27,28)9-7-24/h1-5,13-14H,6-11H2,(H,22,23,26). The largest absolute Gasteiger partial charge is 0.296 e. The van der Waals surface area contributed by atoms with Crippen molar-refractivity contribution in [3.63, 3.8) is 0 Å². The van der Waals surface area contributed by atoms with Gasteiger partial charge in [0.1, 0.15) is 6.17 Å². The van der Waals surface area contributed by atoms with Gasteiger partial charge in [-0.05, 0) is 30.7 Å². The fraction of sp³-hybridized carbons (Fsp3) is 0.421. The lowest BCUT2D eigenvalue weighted by Gasteiger charge is -2.25. The van der Waals surface area contributed by atoms with Crippen LogP contribution < -0.4 is 5.32 Å². The number of carbonyl (C=O) groups is 1. The van der Waals surface area contributed by atoms with E-state index in [4.69, 9.17) is 0 Å². The second kappa shape index (κ2) is 7.40. The molecule has 1 amide bonds. The van der Waals surface area contributed by atoms with Gasteiger partial charge in [-0.2, -0.15) is 4.98 Å². The monoisotopic (exact) mass is 449 g/mol. The second-order valence-corrected chi connectivity index (χ2v) is 11.1. The van der Waals surface area contributed by atoms with Crippen molar-refractivity contribution < 1.29 is 17.6 Å². The van der Waals surface area contributed by atoms with Crippen molar-refractivity contribution in [2.75, 3.05) is 29.9 Å². The number of hydrogen-bond donors (Lipinski definition) is 1. The number of sulfone groups is 1. The summed E-state index contributed by atoms with van der Waals surface area (Å²) in [6.45, 7) is 1.82. The van der Waals surface area contributed by atoms with Crippen molar-refractivity contribution in [2.45, 2.75) is 19.1 Å². The third-order valence-electron chi connectivity index (χ3n) is 5.37. The van der Waals surface area contributed by atoms with Gasteiger partial charge in [-0.1, -0.05) is 6.07 Å². The highest BCUT2D eigenvalue weighted by molar-refractivity contribution is 7.91. The molecule has 1 saturated carbocycles. The average molecular weight is 450 g/mol. The molecule has 11 heteroatoms. The number of halogens is 1. The maximum absolute atomic E-state index is 13.1. The fourth-order valence-electron chi connectivity index (χ4n) is 3.51. The topological polar surface area (TPSA) is 96.7 Å². The Labute approximate surface area is 176 Å². The molecule has 0 radical (unpaired) electrons. The fourth-order valence-corrected chi connectivity index (χ4v) is 5.85. The molecule has 1 saturated heterocycles. The summed E-state index contributed by atoms with van der Waals surface area (Å²) in [5.41, 5.74) is 1.43. The van der Waals surface area contributed by atoms with Crippen LogP contribution in [-0.4, -0.2) is 64.6 Å². The SMILES string of the molecule is O=C(Nc1nc2cccc(-c3ccc(CN4CCS(=O)(=O)CC4)s3)n2n1)C1CC1F. The summed E-state index contributed by atoms with van der Waals surface area (Å²) < 4.78 is 38.0. The third-order valence-corrected chi connectivity index (χ3v) is 8.08. The van der Waals surface area contributed by atoms with Gasteiger partial charge in [0.15, 0.2) is 15.5 Å². The van der Waals surface area contributed by atoms with E-state index in [-0.39, 0.29) is 29.8 Å². The van der Waals surface area contributed by atoms with Crippen LogP contribution in [0.25, 0.3) is 16.2 Å². The number of hydrogen-bond acceptors (Lipinski definition) is 7. The highest BCUT2D eigenvalue weighted by Crippen LogP contribution is 2.34. The number of thiophene rings is 1. The van der Waals surface area contributed by atoms with E-state index in [9.17, 15) is 17.6 Å². The van der Waals surface area contributed by atoms with Crippen LogP contribution >= 0.6 is 11.3 Å². The molecule has 4 heterocycles. The number of nitrogens with one attached hydrogen (secondary N) is 1. The Hall–Kier alpha value is -2.37. The first-order valence-electron chi connectivity index (χ1n) is 9.70. The van der Waals surface area contributed by atoms with Crippen LogP contribution in [0.15, 0.2) is 30.3 Å². The molecule has 3 aromatic rings. The number of amides is 1. The van der Waals surface area contributed by atoms with Crippen LogP contribution in [0.1, 0.15) is 11.3 Å². The number of pyridine rings is 1. The van der Waals surface area contributed by atoms with E-state index in [0.717, 1.165) is 15.4 Å². The van der Waals surface area contributed by atoms with Crippen molar-refractivity contribution in [3.8, 4) is 10.6 Å². The minimum atomic E-state index is -2.89. The van der Waals surface area contributed by atoms with Crippen LogP contribution in [0.4, 0.5) is 10.3 Å². The second-order valence-electron chi connectivity index (χ2n) is 7.66. The quantitative estimate of drug-likeness (QED) is 0.640. The molecule has 0 aromatic carbocycles. The van der Waals surface area contributed by atoms with Gasteiger partial charge in [0.2, 0.25) is 11.9 Å². The number of aromatic nitrogens is 3. The molecule has 30 heavy (non-hydrogen) atoms. The molecule has 2 aliphatic rings. The van der Waals surface area contributed by atoms with Gasteiger partial charge in [0.05, 0.1) is 28.0 Å². The first-order chi connectivity index (χ1) is 14.4. The average Bonchev–Trinajstić information content (AvgIpc) is 3.10. The minimum absolute atomic E-state index is 0.165. The van der Waals surface area contributed by atoms with Crippen molar-refractivity contribution in [2.24, 2.45) is 5.92 Å². The zero-order valence-corrected chi connectivity index (χ0v) is 17.6.